The number of amides is 1. The molecule has 0 aliphatic heterocycles. The number of hydrogen-bond donors (Lipinski definition) is 0. The summed E-state index contributed by atoms with van der Waals surface area (Å²) in [6, 6.07) is 12.4. The van der Waals surface area contributed by atoms with E-state index in [0.29, 0.717) is 11.0 Å². The van der Waals surface area contributed by atoms with E-state index in [4.69, 9.17) is 0 Å². The summed E-state index contributed by atoms with van der Waals surface area (Å²) >= 11 is 3.21. The van der Waals surface area contributed by atoms with Gasteiger partial charge in [0.15, 0.2) is 5.69 Å². The van der Waals surface area contributed by atoms with Gasteiger partial charge in [0.25, 0.3) is 11.6 Å². The molecule has 0 fully saturated rings. The Balaban J connectivity index is 1.93. The molecule has 8 heteroatoms. The lowest BCUT2D eigenvalue weighted by Gasteiger charge is -2.15. The van der Waals surface area contributed by atoms with Crippen molar-refractivity contribution in [3.63, 3.8) is 0 Å². The minimum atomic E-state index is -0.496. The van der Waals surface area contributed by atoms with Crippen LogP contribution in [0.5, 0.6) is 0 Å². The first kappa shape index (κ1) is 16.1. The molecule has 0 atom stereocenters. The Morgan fingerprint density at radius 3 is 2.71 bits per heavy atom. The normalized spacial score (nSPS) is 10.8. The molecule has 0 N–H and O–H groups in total. The Hall–Kier alpha value is -2.74. The Morgan fingerprint density at radius 2 is 2.04 bits per heavy atom. The molecule has 0 bridgehead atoms. The zero-order chi connectivity index (χ0) is 17.3. The second kappa shape index (κ2) is 6.40. The molecule has 1 amide bonds. The van der Waals surface area contributed by atoms with Gasteiger partial charge in [-0.3, -0.25) is 14.9 Å². The number of rotatable bonds is 4. The van der Waals surface area contributed by atoms with Gasteiger partial charge in [0.05, 0.1) is 4.92 Å². The number of nitro groups is 1. The topological polar surface area (TPSA) is 80.8 Å². The van der Waals surface area contributed by atoms with Gasteiger partial charge in [-0.2, -0.15) is 5.10 Å². The number of carbonyl (C=O) groups is 1. The predicted octanol–water partition coefficient (Wildman–Crippen LogP) is 3.28. The van der Waals surface area contributed by atoms with Crippen molar-refractivity contribution in [2.45, 2.75) is 6.54 Å². The zero-order valence-corrected chi connectivity index (χ0v) is 14.3. The van der Waals surface area contributed by atoms with E-state index in [9.17, 15) is 14.9 Å². The van der Waals surface area contributed by atoms with E-state index in [-0.39, 0.29) is 22.8 Å². The number of hydrogen-bond acceptors (Lipinski definition) is 4. The molecule has 2 heterocycles. The maximum absolute atomic E-state index is 12.6. The van der Waals surface area contributed by atoms with Crippen molar-refractivity contribution in [1.29, 1.82) is 0 Å². The second-order valence-corrected chi connectivity index (χ2v) is 6.22. The number of halogens is 1. The molecular weight excluding hydrogens is 376 g/mol. The molecule has 2 aromatic heterocycles. The molecule has 0 unspecified atom stereocenters. The van der Waals surface area contributed by atoms with Gasteiger partial charge in [-0.1, -0.05) is 30.3 Å². The first-order valence-electron chi connectivity index (χ1n) is 7.08. The highest BCUT2D eigenvalue weighted by atomic mass is 79.9. The molecule has 7 nitrogen and oxygen atoms in total. The van der Waals surface area contributed by atoms with E-state index in [1.54, 1.807) is 13.2 Å². The second-order valence-electron chi connectivity index (χ2n) is 5.31. The highest BCUT2D eigenvalue weighted by Crippen LogP contribution is 2.25. The fourth-order valence-corrected chi connectivity index (χ4v) is 2.83. The Kier molecular flexibility index (Phi) is 4.30. The largest absolute Gasteiger partial charge is 0.336 e. The van der Waals surface area contributed by atoms with Crippen LogP contribution in [0.1, 0.15) is 16.1 Å². The predicted molar refractivity (Wildman–Crippen MR) is 91.8 cm³/mol. The number of pyridine rings is 1. The van der Waals surface area contributed by atoms with Gasteiger partial charge in [-0.15, -0.1) is 0 Å². The van der Waals surface area contributed by atoms with Crippen molar-refractivity contribution in [2.75, 3.05) is 7.05 Å². The fraction of sp³-hybridized carbons (Fsp3) is 0.125. The fourth-order valence-electron chi connectivity index (χ4n) is 2.42. The van der Waals surface area contributed by atoms with Gasteiger partial charge in [0.2, 0.25) is 0 Å². The first-order valence-corrected chi connectivity index (χ1v) is 7.87. The summed E-state index contributed by atoms with van der Waals surface area (Å²) in [5.74, 6) is -0.298. The number of nitrogens with zero attached hydrogens (tertiary/aromatic N) is 4. The third-order valence-corrected chi connectivity index (χ3v) is 3.98. The van der Waals surface area contributed by atoms with Gasteiger partial charge in [0, 0.05) is 36.4 Å². The smallest absolute Gasteiger partial charge is 0.296 e. The summed E-state index contributed by atoms with van der Waals surface area (Å²) in [5.41, 5.74) is 1.32. The average Bonchev–Trinajstić information content (AvgIpc) is 2.97. The van der Waals surface area contributed by atoms with Crippen molar-refractivity contribution >= 4 is 33.0 Å². The summed E-state index contributed by atoms with van der Waals surface area (Å²) < 4.78 is 1.85. The molecule has 3 rings (SSSR count). The van der Waals surface area contributed by atoms with Crippen LogP contribution in [0.15, 0.2) is 53.1 Å². The molecule has 122 valence electrons. The molecule has 0 radical (unpaired) electrons. The standard InChI is InChI=1S/C16H13BrN4O3/c1-19(9-11-5-3-2-4-6-11)16(22)13-8-14-15(21(23)24)7-12(17)10-20(14)18-13/h2-8,10H,9H2,1H3. The quantitative estimate of drug-likeness (QED) is 0.507. The van der Waals surface area contributed by atoms with E-state index in [2.05, 4.69) is 21.0 Å². The van der Waals surface area contributed by atoms with E-state index < -0.39 is 4.92 Å². The number of aromatic nitrogens is 2. The van der Waals surface area contributed by atoms with Crippen LogP contribution < -0.4 is 0 Å². The third kappa shape index (κ3) is 3.13. The van der Waals surface area contributed by atoms with Crippen LogP contribution >= 0.6 is 15.9 Å². The van der Waals surface area contributed by atoms with E-state index in [0.717, 1.165) is 5.56 Å². The van der Waals surface area contributed by atoms with Crippen LogP contribution in [0.3, 0.4) is 0 Å². The van der Waals surface area contributed by atoms with Crippen LogP contribution in [-0.2, 0) is 6.54 Å². The van der Waals surface area contributed by atoms with E-state index in [1.165, 1.54) is 21.5 Å². The van der Waals surface area contributed by atoms with Crippen molar-refractivity contribution in [3.8, 4) is 0 Å². The van der Waals surface area contributed by atoms with Crippen LogP contribution in [0, 0.1) is 10.1 Å². The summed E-state index contributed by atoms with van der Waals surface area (Å²) in [6.45, 7) is 0.430. The van der Waals surface area contributed by atoms with Gasteiger partial charge in [-0.05, 0) is 21.5 Å². The van der Waals surface area contributed by atoms with Crippen LogP contribution in [-0.4, -0.2) is 32.4 Å². The first-order chi connectivity index (χ1) is 11.5. The van der Waals surface area contributed by atoms with Crippen LogP contribution in [0.2, 0.25) is 0 Å². The van der Waals surface area contributed by atoms with Crippen molar-refractivity contribution in [2.24, 2.45) is 0 Å². The monoisotopic (exact) mass is 388 g/mol. The van der Waals surface area contributed by atoms with Crippen molar-refractivity contribution in [3.05, 3.63) is 74.5 Å². The number of fused-ring (bicyclic) bond motifs is 1. The minimum Gasteiger partial charge on any atom is -0.336 e. The van der Waals surface area contributed by atoms with E-state index >= 15 is 0 Å². The summed E-state index contributed by atoms with van der Waals surface area (Å²) in [7, 11) is 1.67. The Morgan fingerprint density at radius 1 is 1.33 bits per heavy atom. The summed E-state index contributed by atoms with van der Waals surface area (Å²) in [4.78, 5) is 24.8. The van der Waals surface area contributed by atoms with Gasteiger partial charge in [-0.25, -0.2) is 4.52 Å². The maximum Gasteiger partial charge on any atom is 0.296 e. The minimum absolute atomic E-state index is 0.110. The molecule has 1 aromatic carbocycles. The molecule has 0 aliphatic carbocycles. The highest BCUT2D eigenvalue weighted by Gasteiger charge is 2.21. The lowest BCUT2D eigenvalue weighted by Crippen LogP contribution is -2.26. The molecule has 0 spiro atoms. The zero-order valence-electron chi connectivity index (χ0n) is 12.7. The summed E-state index contributed by atoms with van der Waals surface area (Å²) in [6.07, 6.45) is 1.58. The number of carbonyl (C=O) groups excluding carboxylic acids is 1. The molecule has 0 saturated carbocycles. The summed E-state index contributed by atoms with van der Waals surface area (Å²) in [5, 5.41) is 15.3. The third-order valence-electron chi connectivity index (χ3n) is 3.54. The van der Waals surface area contributed by atoms with Crippen LogP contribution in [0.25, 0.3) is 5.52 Å². The van der Waals surface area contributed by atoms with Gasteiger partial charge in [0.1, 0.15) is 5.52 Å². The van der Waals surface area contributed by atoms with Crippen LogP contribution in [0.4, 0.5) is 5.69 Å². The van der Waals surface area contributed by atoms with E-state index in [1.807, 2.05) is 30.3 Å². The average molecular weight is 389 g/mol. The lowest BCUT2D eigenvalue weighted by molar-refractivity contribution is -0.383. The molecule has 0 aliphatic rings. The molecule has 0 saturated heterocycles. The molecule has 3 aromatic rings. The lowest BCUT2D eigenvalue weighted by atomic mass is 10.2. The Bertz CT molecular complexity index is 924. The Labute approximate surface area is 145 Å². The molecule has 24 heavy (non-hydrogen) atoms. The van der Waals surface area contributed by atoms with Gasteiger partial charge < -0.3 is 4.90 Å². The number of benzene rings is 1. The van der Waals surface area contributed by atoms with Gasteiger partial charge >= 0.3 is 0 Å². The SMILES string of the molecule is CN(Cc1ccccc1)C(=O)c1cc2c([N+](=O)[O-])cc(Br)cn2n1. The maximum atomic E-state index is 12.6. The van der Waals surface area contributed by atoms with Crippen molar-refractivity contribution in [1.82, 2.24) is 14.5 Å². The molecular formula is C16H13BrN4O3. The highest BCUT2D eigenvalue weighted by molar-refractivity contribution is 9.10. The van der Waals surface area contributed by atoms with Crippen molar-refractivity contribution < 1.29 is 9.72 Å².